The third kappa shape index (κ3) is 5.14. The fourth-order valence-corrected chi connectivity index (χ4v) is 3.16. The van der Waals surface area contributed by atoms with E-state index in [9.17, 15) is 14.4 Å². The molecule has 7 nitrogen and oxygen atoms in total. The first-order valence-corrected chi connectivity index (χ1v) is 8.91. The molecule has 1 aromatic heterocycles. The number of rotatable bonds is 4. The van der Waals surface area contributed by atoms with Crippen LogP contribution in [0, 0.1) is 13.8 Å². The minimum Gasteiger partial charge on any atom is -0.452 e. The van der Waals surface area contributed by atoms with Gasteiger partial charge >= 0.3 is 5.97 Å². The number of aryl methyl sites for hydroxylation is 2. The maximum Gasteiger partial charge on any atom is 0.344 e. The molecule has 1 saturated carbocycles. The molecule has 1 aliphatic rings. The average Bonchev–Trinajstić information content (AvgIpc) is 2.54. The molecule has 7 heteroatoms. The molecule has 0 saturated heterocycles. The Morgan fingerprint density at radius 2 is 1.76 bits per heavy atom. The zero-order valence-electron chi connectivity index (χ0n) is 15.3. The predicted molar refractivity (Wildman–Crippen MR) is 93.5 cm³/mol. The van der Waals surface area contributed by atoms with E-state index in [1.807, 2.05) is 0 Å². The van der Waals surface area contributed by atoms with Crippen molar-refractivity contribution in [2.75, 3.05) is 6.61 Å². The lowest BCUT2D eigenvalue weighted by molar-refractivity contribution is -0.125. The molecule has 2 rings (SSSR count). The maximum absolute atomic E-state index is 12.2. The van der Waals surface area contributed by atoms with E-state index < -0.39 is 11.5 Å². The summed E-state index contributed by atoms with van der Waals surface area (Å²) in [6.45, 7) is 2.99. The summed E-state index contributed by atoms with van der Waals surface area (Å²) < 4.78 is 6.17. The molecule has 0 atom stereocenters. The fraction of sp³-hybridized carbons (Fsp3) is 0.667. The largest absolute Gasteiger partial charge is 0.452 e. The standard InChI is InChI=1S/C18H27N3O4/c1-12-13(2)20-21(3)17(23)16(12)18(24)25-11-15(22)19-14-9-7-5-4-6-8-10-14/h14H,4-11H2,1-3H3,(H,19,22). The Labute approximate surface area is 147 Å². The summed E-state index contributed by atoms with van der Waals surface area (Å²) in [5, 5.41) is 6.96. The molecule has 0 aromatic carbocycles. The molecular weight excluding hydrogens is 322 g/mol. The van der Waals surface area contributed by atoms with E-state index in [4.69, 9.17) is 4.74 Å². The number of nitrogens with one attached hydrogen (secondary N) is 1. The summed E-state index contributed by atoms with van der Waals surface area (Å²) in [5.74, 6) is -1.10. The van der Waals surface area contributed by atoms with Crippen molar-refractivity contribution in [2.45, 2.75) is 64.8 Å². The van der Waals surface area contributed by atoms with Crippen molar-refractivity contribution in [1.82, 2.24) is 15.1 Å². The van der Waals surface area contributed by atoms with Gasteiger partial charge in [-0.25, -0.2) is 9.48 Å². The van der Waals surface area contributed by atoms with E-state index in [1.54, 1.807) is 13.8 Å². The van der Waals surface area contributed by atoms with Crippen molar-refractivity contribution < 1.29 is 14.3 Å². The minimum atomic E-state index is -0.781. The van der Waals surface area contributed by atoms with Gasteiger partial charge in [0.15, 0.2) is 6.61 Å². The van der Waals surface area contributed by atoms with Crippen molar-refractivity contribution in [3.05, 3.63) is 27.2 Å². The highest BCUT2D eigenvalue weighted by Gasteiger charge is 2.21. The summed E-state index contributed by atoms with van der Waals surface area (Å²) >= 11 is 0. The van der Waals surface area contributed by atoms with Crippen molar-refractivity contribution in [2.24, 2.45) is 7.05 Å². The van der Waals surface area contributed by atoms with Gasteiger partial charge in [-0.15, -0.1) is 0 Å². The van der Waals surface area contributed by atoms with Gasteiger partial charge in [0.2, 0.25) is 0 Å². The number of hydrogen-bond donors (Lipinski definition) is 1. The smallest absolute Gasteiger partial charge is 0.344 e. The molecular formula is C18H27N3O4. The quantitative estimate of drug-likeness (QED) is 0.837. The monoisotopic (exact) mass is 349 g/mol. The molecule has 1 aliphatic carbocycles. The number of hydrogen-bond acceptors (Lipinski definition) is 5. The second-order valence-corrected chi connectivity index (χ2v) is 6.70. The number of carbonyl (C=O) groups excluding carboxylic acids is 2. The number of amides is 1. The lowest BCUT2D eigenvalue weighted by Gasteiger charge is -2.21. The third-order valence-electron chi connectivity index (χ3n) is 4.73. The number of aromatic nitrogens is 2. The van der Waals surface area contributed by atoms with E-state index in [2.05, 4.69) is 10.4 Å². The summed E-state index contributed by atoms with van der Waals surface area (Å²) in [6, 6.07) is 0.143. The Balaban J connectivity index is 1.93. The van der Waals surface area contributed by atoms with Crippen LogP contribution >= 0.6 is 0 Å². The highest BCUT2D eigenvalue weighted by Crippen LogP contribution is 2.17. The van der Waals surface area contributed by atoms with E-state index in [0.717, 1.165) is 30.4 Å². The van der Waals surface area contributed by atoms with Crippen LogP contribution in [0.3, 0.4) is 0 Å². The summed E-state index contributed by atoms with van der Waals surface area (Å²) in [6.07, 6.45) is 7.80. The molecule has 1 N–H and O–H groups in total. The third-order valence-corrected chi connectivity index (χ3v) is 4.73. The zero-order valence-corrected chi connectivity index (χ0v) is 15.3. The number of nitrogens with zero attached hydrogens (tertiary/aromatic N) is 2. The van der Waals surface area contributed by atoms with Crippen LogP contribution in [0.4, 0.5) is 0 Å². The van der Waals surface area contributed by atoms with E-state index in [0.29, 0.717) is 11.3 Å². The van der Waals surface area contributed by atoms with Crippen LogP contribution in [-0.4, -0.2) is 34.3 Å². The molecule has 25 heavy (non-hydrogen) atoms. The Hall–Kier alpha value is -2.18. The minimum absolute atomic E-state index is 0.0613. The highest BCUT2D eigenvalue weighted by atomic mass is 16.5. The first-order chi connectivity index (χ1) is 11.9. The lowest BCUT2D eigenvalue weighted by atomic mass is 9.97. The van der Waals surface area contributed by atoms with Gasteiger partial charge in [-0.2, -0.15) is 5.10 Å². The SMILES string of the molecule is Cc1nn(C)c(=O)c(C(=O)OCC(=O)NC2CCCCCCC2)c1C. The Kier molecular flexibility index (Phi) is 6.73. The van der Waals surface area contributed by atoms with Gasteiger partial charge in [0.1, 0.15) is 5.56 Å². The van der Waals surface area contributed by atoms with Crippen LogP contribution in [0.5, 0.6) is 0 Å². The molecule has 0 radical (unpaired) electrons. The summed E-state index contributed by atoms with van der Waals surface area (Å²) in [5.41, 5.74) is 0.476. The van der Waals surface area contributed by atoms with Gasteiger partial charge in [-0.3, -0.25) is 9.59 Å². The van der Waals surface area contributed by atoms with Crippen LogP contribution in [0.2, 0.25) is 0 Å². The fourth-order valence-electron chi connectivity index (χ4n) is 3.16. The van der Waals surface area contributed by atoms with Gasteiger partial charge in [0.25, 0.3) is 11.5 Å². The molecule has 0 spiro atoms. The molecule has 0 aliphatic heterocycles. The van der Waals surface area contributed by atoms with Gasteiger partial charge in [0, 0.05) is 13.1 Å². The number of carbonyl (C=O) groups is 2. The van der Waals surface area contributed by atoms with E-state index in [-0.39, 0.29) is 24.1 Å². The van der Waals surface area contributed by atoms with Crippen molar-refractivity contribution in [3.63, 3.8) is 0 Å². The first kappa shape index (κ1) is 19.1. The highest BCUT2D eigenvalue weighted by molar-refractivity contribution is 5.92. The Bertz CT molecular complexity index is 688. The normalized spacial score (nSPS) is 16.0. The Morgan fingerprint density at radius 1 is 1.16 bits per heavy atom. The number of esters is 1. The number of ether oxygens (including phenoxy) is 1. The summed E-state index contributed by atoms with van der Waals surface area (Å²) in [7, 11) is 1.48. The van der Waals surface area contributed by atoms with Crippen LogP contribution in [0.25, 0.3) is 0 Å². The van der Waals surface area contributed by atoms with Crippen molar-refractivity contribution in [3.8, 4) is 0 Å². The molecule has 0 bridgehead atoms. The second-order valence-electron chi connectivity index (χ2n) is 6.70. The molecule has 138 valence electrons. The van der Waals surface area contributed by atoms with Crippen LogP contribution in [-0.2, 0) is 16.6 Å². The predicted octanol–water partition coefficient (Wildman–Crippen LogP) is 1.78. The van der Waals surface area contributed by atoms with E-state index >= 15 is 0 Å². The Morgan fingerprint density at radius 3 is 2.40 bits per heavy atom. The zero-order chi connectivity index (χ0) is 18.4. The summed E-state index contributed by atoms with van der Waals surface area (Å²) in [4.78, 5) is 36.4. The van der Waals surface area contributed by atoms with Gasteiger partial charge < -0.3 is 10.1 Å². The maximum atomic E-state index is 12.2. The van der Waals surface area contributed by atoms with Gasteiger partial charge in [-0.05, 0) is 32.3 Å². The van der Waals surface area contributed by atoms with E-state index in [1.165, 1.54) is 26.3 Å². The molecule has 1 heterocycles. The van der Waals surface area contributed by atoms with Crippen LogP contribution in [0.15, 0.2) is 4.79 Å². The topological polar surface area (TPSA) is 90.3 Å². The molecule has 1 amide bonds. The van der Waals surface area contributed by atoms with Crippen molar-refractivity contribution >= 4 is 11.9 Å². The van der Waals surface area contributed by atoms with Crippen LogP contribution in [0.1, 0.15) is 66.6 Å². The average molecular weight is 349 g/mol. The first-order valence-electron chi connectivity index (χ1n) is 8.91. The van der Waals surface area contributed by atoms with Crippen molar-refractivity contribution in [1.29, 1.82) is 0 Å². The molecule has 0 unspecified atom stereocenters. The molecule has 1 fully saturated rings. The van der Waals surface area contributed by atoms with Gasteiger partial charge in [0.05, 0.1) is 5.69 Å². The van der Waals surface area contributed by atoms with Gasteiger partial charge in [-0.1, -0.05) is 32.1 Å². The molecule has 1 aromatic rings. The second kappa shape index (κ2) is 8.78. The lowest BCUT2D eigenvalue weighted by Crippen LogP contribution is -2.38. The van der Waals surface area contributed by atoms with Crippen LogP contribution < -0.4 is 10.9 Å².